The van der Waals surface area contributed by atoms with E-state index in [0.717, 1.165) is 11.3 Å². The minimum Gasteiger partial charge on any atom is -0.366 e. The molecule has 1 amide bonds. The smallest absolute Gasteiger partial charge is 0.258 e. The second-order valence-electron chi connectivity index (χ2n) is 5.76. The Bertz CT molecular complexity index is 883. The maximum absolute atomic E-state index is 12.9. The number of amides is 1. The van der Waals surface area contributed by atoms with Gasteiger partial charge in [0.25, 0.3) is 5.91 Å². The fraction of sp³-hybridized carbons (Fsp3) is 0.143. The molecule has 0 atom stereocenters. The Morgan fingerprint density at radius 2 is 1.81 bits per heavy atom. The molecule has 132 valence electrons. The second kappa shape index (κ2) is 8.50. The third kappa shape index (κ3) is 4.21. The molecule has 26 heavy (non-hydrogen) atoms. The number of rotatable bonds is 6. The average Bonchev–Trinajstić information content (AvgIpc) is 2.69. The van der Waals surface area contributed by atoms with Crippen molar-refractivity contribution < 1.29 is 4.79 Å². The van der Waals surface area contributed by atoms with Gasteiger partial charge in [-0.25, -0.2) is 4.98 Å². The largest absolute Gasteiger partial charge is 0.366 e. The van der Waals surface area contributed by atoms with Gasteiger partial charge in [-0.2, -0.15) is 0 Å². The number of benzene rings is 2. The summed E-state index contributed by atoms with van der Waals surface area (Å²) in [4.78, 5) is 18.9. The molecule has 0 unspecified atom stereocenters. The van der Waals surface area contributed by atoms with Crippen LogP contribution in [0.4, 0.5) is 11.5 Å². The lowest BCUT2D eigenvalue weighted by molar-refractivity contribution is 0.0988. The van der Waals surface area contributed by atoms with Crippen LogP contribution in [0.15, 0.2) is 72.9 Å². The van der Waals surface area contributed by atoms with Crippen molar-refractivity contribution >= 4 is 29.0 Å². The van der Waals surface area contributed by atoms with Crippen molar-refractivity contribution in [2.24, 2.45) is 0 Å². The van der Waals surface area contributed by atoms with Crippen LogP contribution in [-0.4, -0.2) is 17.4 Å². The molecule has 0 bridgehead atoms. The van der Waals surface area contributed by atoms with Gasteiger partial charge in [-0.1, -0.05) is 48.0 Å². The Morgan fingerprint density at radius 1 is 1.08 bits per heavy atom. The van der Waals surface area contributed by atoms with Crippen LogP contribution in [0.1, 0.15) is 22.8 Å². The SMILES string of the molecule is CCN(C(=O)c1ccnc(NCc2ccccc2Cl)c1)c1ccccc1. The lowest BCUT2D eigenvalue weighted by Gasteiger charge is -2.21. The lowest BCUT2D eigenvalue weighted by atomic mass is 10.2. The first-order valence-electron chi connectivity index (χ1n) is 8.49. The number of nitrogens with zero attached hydrogens (tertiary/aromatic N) is 2. The number of hydrogen-bond donors (Lipinski definition) is 1. The highest BCUT2D eigenvalue weighted by Crippen LogP contribution is 2.19. The molecular formula is C21H20ClN3O. The van der Waals surface area contributed by atoms with Gasteiger partial charge in [0.05, 0.1) is 0 Å². The Hall–Kier alpha value is -2.85. The average molecular weight is 366 g/mol. The molecular weight excluding hydrogens is 346 g/mol. The van der Waals surface area contributed by atoms with Crippen molar-refractivity contribution in [3.05, 3.63) is 89.1 Å². The Labute approximate surface area is 158 Å². The minimum atomic E-state index is -0.0538. The predicted octanol–water partition coefficient (Wildman–Crippen LogP) is 5.01. The molecule has 0 fully saturated rings. The first kappa shape index (κ1) is 18.0. The molecule has 0 saturated carbocycles. The molecule has 2 aromatic carbocycles. The van der Waals surface area contributed by atoms with Gasteiger partial charge in [0.2, 0.25) is 0 Å². The van der Waals surface area contributed by atoms with Crippen LogP contribution < -0.4 is 10.2 Å². The molecule has 1 N–H and O–H groups in total. The monoisotopic (exact) mass is 365 g/mol. The number of carbonyl (C=O) groups is 1. The molecule has 5 heteroatoms. The predicted molar refractivity (Wildman–Crippen MR) is 107 cm³/mol. The van der Waals surface area contributed by atoms with E-state index in [4.69, 9.17) is 11.6 Å². The molecule has 0 radical (unpaired) electrons. The summed E-state index contributed by atoms with van der Waals surface area (Å²) >= 11 is 6.18. The van der Waals surface area contributed by atoms with E-state index in [9.17, 15) is 4.79 Å². The molecule has 0 aliphatic carbocycles. The zero-order valence-corrected chi connectivity index (χ0v) is 15.3. The van der Waals surface area contributed by atoms with Gasteiger partial charge in [-0.3, -0.25) is 4.79 Å². The van der Waals surface area contributed by atoms with Crippen molar-refractivity contribution in [1.29, 1.82) is 0 Å². The molecule has 4 nitrogen and oxygen atoms in total. The van der Waals surface area contributed by atoms with Crippen LogP contribution in [0.2, 0.25) is 5.02 Å². The molecule has 1 heterocycles. The maximum atomic E-state index is 12.9. The van der Waals surface area contributed by atoms with Crippen LogP contribution in [0.5, 0.6) is 0 Å². The number of aromatic nitrogens is 1. The number of carbonyl (C=O) groups excluding carboxylic acids is 1. The number of para-hydroxylation sites is 1. The Balaban J connectivity index is 1.76. The number of nitrogens with one attached hydrogen (secondary N) is 1. The first-order chi connectivity index (χ1) is 12.7. The molecule has 0 spiro atoms. The fourth-order valence-corrected chi connectivity index (χ4v) is 2.90. The highest BCUT2D eigenvalue weighted by atomic mass is 35.5. The maximum Gasteiger partial charge on any atom is 0.258 e. The van der Waals surface area contributed by atoms with Crippen molar-refractivity contribution in [3.63, 3.8) is 0 Å². The summed E-state index contributed by atoms with van der Waals surface area (Å²) in [5.41, 5.74) is 2.45. The van der Waals surface area contributed by atoms with Crippen molar-refractivity contribution in [2.75, 3.05) is 16.8 Å². The van der Waals surface area contributed by atoms with Crippen molar-refractivity contribution in [1.82, 2.24) is 4.98 Å². The highest BCUT2D eigenvalue weighted by molar-refractivity contribution is 6.31. The van der Waals surface area contributed by atoms with Crippen molar-refractivity contribution in [2.45, 2.75) is 13.5 Å². The number of anilines is 2. The zero-order chi connectivity index (χ0) is 18.4. The molecule has 0 aliphatic heterocycles. The van der Waals surface area contributed by atoms with Crippen LogP contribution in [0, 0.1) is 0 Å². The highest BCUT2D eigenvalue weighted by Gasteiger charge is 2.16. The van der Waals surface area contributed by atoms with Crippen molar-refractivity contribution in [3.8, 4) is 0 Å². The molecule has 3 aromatic rings. The summed E-state index contributed by atoms with van der Waals surface area (Å²) in [6.45, 7) is 3.09. The normalized spacial score (nSPS) is 10.4. The molecule has 0 aliphatic rings. The third-order valence-corrected chi connectivity index (χ3v) is 4.42. The first-order valence-corrected chi connectivity index (χ1v) is 8.87. The van der Waals surface area contributed by atoms with E-state index < -0.39 is 0 Å². The summed E-state index contributed by atoms with van der Waals surface area (Å²) in [5.74, 6) is 0.585. The van der Waals surface area contributed by atoms with E-state index in [-0.39, 0.29) is 5.91 Å². The molecule has 0 saturated heterocycles. The number of halogens is 1. The summed E-state index contributed by atoms with van der Waals surface area (Å²) < 4.78 is 0. The lowest BCUT2D eigenvalue weighted by Crippen LogP contribution is -2.30. The third-order valence-electron chi connectivity index (χ3n) is 4.05. The summed E-state index contributed by atoms with van der Waals surface area (Å²) in [6, 6.07) is 20.8. The van der Waals surface area contributed by atoms with Crippen LogP contribution in [0.25, 0.3) is 0 Å². The van der Waals surface area contributed by atoms with E-state index in [1.807, 2.05) is 61.5 Å². The van der Waals surface area contributed by atoms with Crippen LogP contribution >= 0.6 is 11.6 Å². The summed E-state index contributed by atoms with van der Waals surface area (Å²) in [6.07, 6.45) is 1.64. The summed E-state index contributed by atoms with van der Waals surface area (Å²) in [7, 11) is 0. The van der Waals surface area contributed by atoms with Gasteiger partial charge in [0, 0.05) is 35.6 Å². The standard InChI is InChI=1S/C21H20ClN3O/c1-2-25(18-9-4-3-5-10-18)21(26)16-12-13-23-20(14-16)24-15-17-8-6-7-11-19(17)22/h3-14H,2,15H2,1H3,(H,23,24). The van der Waals surface area contributed by atoms with E-state index in [1.54, 1.807) is 23.2 Å². The van der Waals surface area contributed by atoms with Gasteiger partial charge in [0.1, 0.15) is 5.82 Å². The van der Waals surface area contributed by atoms with E-state index in [1.165, 1.54) is 0 Å². The van der Waals surface area contributed by atoms with Gasteiger partial charge >= 0.3 is 0 Å². The van der Waals surface area contributed by atoms with Gasteiger partial charge in [0.15, 0.2) is 0 Å². The molecule has 3 rings (SSSR count). The summed E-state index contributed by atoms with van der Waals surface area (Å²) in [5, 5.41) is 3.93. The quantitative estimate of drug-likeness (QED) is 0.667. The van der Waals surface area contributed by atoms with E-state index >= 15 is 0 Å². The van der Waals surface area contributed by atoms with Crippen LogP contribution in [0.3, 0.4) is 0 Å². The van der Waals surface area contributed by atoms with Gasteiger partial charge in [-0.05, 0) is 42.8 Å². The number of hydrogen-bond acceptors (Lipinski definition) is 3. The van der Waals surface area contributed by atoms with Crippen LogP contribution in [-0.2, 0) is 6.54 Å². The number of pyridine rings is 1. The molecule has 1 aromatic heterocycles. The zero-order valence-electron chi connectivity index (χ0n) is 14.5. The topological polar surface area (TPSA) is 45.2 Å². The van der Waals surface area contributed by atoms with E-state index in [0.29, 0.717) is 29.5 Å². The Kier molecular flexibility index (Phi) is 5.87. The van der Waals surface area contributed by atoms with E-state index in [2.05, 4.69) is 10.3 Å². The minimum absolute atomic E-state index is 0.0538. The van der Waals surface area contributed by atoms with Gasteiger partial charge in [-0.15, -0.1) is 0 Å². The second-order valence-corrected chi connectivity index (χ2v) is 6.17. The van der Waals surface area contributed by atoms with Gasteiger partial charge < -0.3 is 10.2 Å². The fourth-order valence-electron chi connectivity index (χ4n) is 2.69. The Morgan fingerprint density at radius 3 is 2.54 bits per heavy atom.